The van der Waals surface area contributed by atoms with Gasteiger partial charge in [0.1, 0.15) is 5.82 Å². The van der Waals surface area contributed by atoms with Crippen LogP contribution in [0.25, 0.3) is 11.0 Å². The highest BCUT2D eigenvalue weighted by atomic mass is 32.1. The van der Waals surface area contributed by atoms with Crippen molar-refractivity contribution in [1.29, 1.82) is 0 Å². The van der Waals surface area contributed by atoms with Crippen molar-refractivity contribution in [2.75, 3.05) is 7.05 Å². The Bertz CT molecular complexity index is 721. The summed E-state index contributed by atoms with van der Waals surface area (Å²) >= 11 is 5.51. The van der Waals surface area contributed by atoms with E-state index in [-0.39, 0.29) is 5.82 Å². The lowest BCUT2D eigenvalue weighted by Gasteiger charge is -2.47. The van der Waals surface area contributed by atoms with Gasteiger partial charge in [-0.25, -0.2) is 4.39 Å². The smallest absolute Gasteiger partial charge is 0.178 e. The highest BCUT2D eigenvalue weighted by Gasteiger charge is 2.37. The monoisotopic (exact) mass is 305 g/mol. The number of H-pyrrole nitrogens is 1. The number of fused-ring (bicyclic) bond motifs is 3. The van der Waals surface area contributed by atoms with Gasteiger partial charge in [0.15, 0.2) is 4.77 Å². The molecule has 3 heterocycles. The van der Waals surface area contributed by atoms with Crippen LogP contribution < -0.4 is 0 Å². The zero-order valence-corrected chi connectivity index (χ0v) is 13.0. The van der Waals surface area contributed by atoms with Gasteiger partial charge >= 0.3 is 0 Å². The largest absolute Gasteiger partial charge is 0.330 e. The molecule has 2 fully saturated rings. The second-order valence-electron chi connectivity index (χ2n) is 6.49. The van der Waals surface area contributed by atoms with Crippen molar-refractivity contribution in [2.45, 2.75) is 50.2 Å². The summed E-state index contributed by atoms with van der Waals surface area (Å²) < 4.78 is 16.3. The first-order valence-electron chi connectivity index (χ1n) is 7.75. The average Bonchev–Trinajstić information content (AvgIpc) is 2.73. The minimum atomic E-state index is -0.217. The Kier molecular flexibility index (Phi) is 3.15. The maximum atomic E-state index is 13.4. The number of aromatic amines is 1. The maximum Gasteiger partial charge on any atom is 0.178 e. The molecule has 2 bridgehead atoms. The summed E-state index contributed by atoms with van der Waals surface area (Å²) in [6.45, 7) is 0. The number of imidazole rings is 1. The third-order valence-corrected chi connectivity index (χ3v) is 5.66. The number of aromatic nitrogens is 2. The van der Waals surface area contributed by atoms with Gasteiger partial charge in [0.05, 0.1) is 11.0 Å². The van der Waals surface area contributed by atoms with E-state index in [1.165, 1.54) is 31.4 Å². The lowest BCUT2D eigenvalue weighted by Crippen LogP contribution is -2.50. The molecule has 2 aliphatic heterocycles. The number of rotatable bonds is 1. The van der Waals surface area contributed by atoms with Gasteiger partial charge < -0.3 is 14.5 Å². The first-order valence-corrected chi connectivity index (χ1v) is 8.16. The molecule has 2 aromatic rings. The lowest BCUT2D eigenvalue weighted by molar-refractivity contribution is 0.0407. The number of hydrogen-bond donors (Lipinski definition) is 1. The van der Waals surface area contributed by atoms with Gasteiger partial charge in [0.25, 0.3) is 0 Å². The standard InChI is InChI=1S/C16H20FN3S/c1-19-11-3-2-4-12(19)9-13(8-11)20-15-6-5-10(17)7-14(15)18-16(20)21/h5-7,11-13H,2-4,8-9H2,1H3,(H,18,21). The summed E-state index contributed by atoms with van der Waals surface area (Å²) in [5.41, 5.74) is 1.85. The summed E-state index contributed by atoms with van der Waals surface area (Å²) in [5, 5.41) is 0. The SMILES string of the molecule is CN1C2CCCC1CC(n1c(=S)[nH]c3cc(F)ccc31)C2. The molecule has 1 aromatic heterocycles. The molecule has 3 nitrogen and oxygen atoms in total. The number of piperidine rings is 2. The van der Waals surface area contributed by atoms with E-state index >= 15 is 0 Å². The molecule has 2 aliphatic rings. The van der Waals surface area contributed by atoms with Crippen molar-refractivity contribution in [1.82, 2.24) is 14.5 Å². The van der Waals surface area contributed by atoms with Gasteiger partial charge in [0.2, 0.25) is 0 Å². The average molecular weight is 305 g/mol. The van der Waals surface area contributed by atoms with Crippen molar-refractivity contribution in [3.63, 3.8) is 0 Å². The molecule has 0 radical (unpaired) electrons. The zero-order chi connectivity index (χ0) is 14.6. The molecule has 4 rings (SSSR count). The van der Waals surface area contributed by atoms with Crippen LogP contribution in [0.15, 0.2) is 18.2 Å². The number of nitrogens with zero attached hydrogens (tertiary/aromatic N) is 2. The third-order valence-electron chi connectivity index (χ3n) is 5.36. The number of benzene rings is 1. The van der Waals surface area contributed by atoms with Crippen molar-refractivity contribution in [3.05, 3.63) is 28.8 Å². The number of hydrogen-bond acceptors (Lipinski definition) is 2. The minimum Gasteiger partial charge on any atom is -0.330 e. The topological polar surface area (TPSA) is 24.0 Å². The van der Waals surface area contributed by atoms with E-state index in [1.807, 2.05) is 6.07 Å². The molecular weight excluding hydrogens is 285 g/mol. The zero-order valence-electron chi connectivity index (χ0n) is 12.2. The Labute approximate surface area is 128 Å². The molecule has 2 atom stereocenters. The summed E-state index contributed by atoms with van der Waals surface area (Å²) in [6.07, 6.45) is 6.20. The van der Waals surface area contributed by atoms with Gasteiger partial charge in [-0.05, 0) is 63.1 Å². The van der Waals surface area contributed by atoms with E-state index in [0.717, 1.165) is 28.6 Å². The first-order chi connectivity index (χ1) is 10.1. The molecule has 21 heavy (non-hydrogen) atoms. The minimum absolute atomic E-state index is 0.217. The van der Waals surface area contributed by atoms with Crippen LogP contribution in [0.3, 0.4) is 0 Å². The maximum absolute atomic E-state index is 13.4. The third kappa shape index (κ3) is 2.14. The van der Waals surface area contributed by atoms with Crippen LogP contribution in [0.2, 0.25) is 0 Å². The highest BCUT2D eigenvalue weighted by Crippen LogP contribution is 2.39. The van der Waals surface area contributed by atoms with Crippen LogP contribution in [0.1, 0.15) is 38.1 Å². The molecule has 5 heteroatoms. The predicted molar refractivity (Wildman–Crippen MR) is 84.5 cm³/mol. The van der Waals surface area contributed by atoms with E-state index in [0.29, 0.717) is 18.1 Å². The van der Waals surface area contributed by atoms with E-state index in [9.17, 15) is 4.39 Å². The van der Waals surface area contributed by atoms with Gasteiger partial charge in [-0.3, -0.25) is 0 Å². The fourth-order valence-corrected chi connectivity index (χ4v) is 4.62. The Morgan fingerprint density at radius 1 is 1.19 bits per heavy atom. The van der Waals surface area contributed by atoms with Gasteiger partial charge in [-0.1, -0.05) is 6.42 Å². The molecule has 1 N–H and O–H groups in total. The quantitative estimate of drug-likeness (QED) is 0.804. The molecule has 0 saturated carbocycles. The Hall–Kier alpha value is -1.20. The second kappa shape index (κ2) is 4.92. The van der Waals surface area contributed by atoms with Crippen LogP contribution >= 0.6 is 12.2 Å². The highest BCUT2D eigenvalue weighted by molar-refractivity contribution is 7.71. The lowest BCUT2D eigenvalue weighted by atomic mass is 9.82. The van der Waals surface area contributed by atoms with E-state index in [2.05, 4.69) is 21.5 Å². The van der Waals surface area contributed by atoms with Crippen molar-refractivity contribution in [2.24, 2.45) is 0 Å². The molecule has 0 amide bonds. The molecule has 2 unspecified atom stereocenters. The molecule has 2 saturated heterocycles. The Morgan fingerprint density at radius 2 is 1.90 bits per heavy atom. The van der Waals surface area contributed by atoms with E-state index in [4.69, 9.17) is 12.2 Å². The van der Waals surface area contributed by atoms with E-state index in [1.54, 1.807) is 0 Å². The molecule has 112 valence electrons. The Balaban J connectivity index is 1.77. The molecule has 0 aliphatic carbocycles. The fourth-order valence-electron chi connectivity index (χ4n) is 4.26. The normalized spacial score (nSPS) is 29.9. The Morgan fingerprint density at radius 3 is 2.62 bits per heavy atom. The number of nitrogens with one attached hydrogen (secondary N) is 1. The van der Waals surface area contributed by atoms with E-state index < -0.39 is 0 Å². The van der Waals surface area contributed by atoms with Crippen molar-refractivity contribution >= 4 is 23.3 Å². The van der Waals surface area contributed by atoms with Crippen molar-refractivity contribution in [3.8, 4) is 0 Å². The summed E-state index contributed by atoms with van der Waals surface area (Å²) in [7, 11) is 2.26. The molecule has 0 spiro atoms. The fraction of sp³-hybridized carbons (Fsp3) is 0.562. The second-order valence-corrected chi connectivity index (χ2v) is 6.88. The van der Waals surface area contributed by atoms with Crippen molar-refractivity contribution < 1.29 is 4.39 Å². The number of halogens is 1. The van der Waals surface area contributed by atoms with Crippen LogP contribution in [0, 0.1) is 10.6 Å². The molecule has 1 aromatic carbocycles. The van der Waals surface area contributed by atoms with Crippen LogP contribution in [-0.4, -0.2) is 33.6 Å². The summed E-state index contributed by atoms with van der Waals surface area (Å²) in [6, 6.07) is 6.67. The van der Waals surface area contributed by atoms with Gasteiger partial charge in [-0.2, -0.15) is 0 Å². The first kappa shape index (κ1) is 13.5. The van der Waals surface area contributed by atoms with Crippen LogP contribution in [0.4, 0.5) is 4.39 Å². The molecular formula is C16H20FN3S. The predicted octanol–water partition coefficient (Wildman–Crippen LogP) is 4.03. The van der Waals surface area contributed by atoms with Crippen LogP contribution in [-0.2, 0) is 0 Å². The van der Waals surface area contributed by atoms with Gasteiger partial charge in [0, 0.05) is 18.1 Å². The summed E-state index contributed by atoms with van der Waals surface area (Å²) in [4.78, 5) is 5.72. The van der Waals surface area contributed by atoms with Crippen LogP contribution in [0.5, 0.6) is 0 Å². The van der Waals surface area contributed by atoms with Gasteiger partial charge in [-0.15, -0.1) is 0 Å². The summed E-state index contributed by atoms with van der Waals surface area (Å²) in [5.74, 6) is -0.217.